The van der Waals surface area contributed by atoms with Gasteiger partial charge in [-0.05, 0) is 26.3 Å². The van der Waals surface area contributed by atoms with Crippen LogP contribution >= 0.6 is 0 Å². The lowest BCUT2D eigenvalue weighted by atomic mass is 10.1. The SMILES string of the molecule is [C-]#[N+]C[C@H](Cc1ccc([N+](=O)[O-])cc1)NC(=O)OC(C)(C)C. The number of benzene rings is 1. The fourth-order valence-electron chi connectivity index (χ4n) is 1.78. The molecule has 1 atom stereocenters. The van der Waals surface area contributed by atoms with Crippen LogP contribution in [0.2, 0.25) is 0 Å². The summed E-state index contributed by atoms with van der Waals surface area (Å²) in [5.41, 5.74) is 0.195. The Labute approximate surface area is 129 Å². The number of ether oxygens (including phenoxy) is 1. The molecule has 1 aromatic rings. The summed E-state index contributed by atoms with van der Waals surface area (Å²) in [6, 6.07) is 5.63. The maximum absolute atomic E-state index is 11.8. The minimum atomic E-state index is -0.611. The lowest BCUT2D eigenvalue weighted by Gasteiger charge is -2.21. The van der Waals surface area contributed by atoms with Crippen LogP contribution in [0.1, 0.15) is 26.3 Å². The largest absolute Gasteiger partial charge is 0.444 e. The molecule has 0 aromatic heterocycles. The maximum atomic E-state index is 11.8. The Morgan fingerprint density at radius 1 is 1.41 bits per heavy atom. The van der Waals surface area contributed by atoms with Gasteiger partial charge in [0.15, 0.2) is 0 Å². The molecule has 0 aliphatic carbocycles. The van der Waals surface area contributed by atoms with Crippen molar-refractivity contribution in [1.29, 1.82) is 0 Å². The third kappa shape index (κ3) is 6.22. The zero-order chi connectivity index (χ0) is 16.8. The first-order chi connectivity index (χ1) is 10.2. The van der Waals surface area contributed by atoms with Crippen LogP contribution in [0.3, 0.4) is 0 Å². The summed E-state index contributed by atoms with van der Waals surface area (Å²) in [6.07, 6.45) is -0.178. The molecule has 1 amide bonds. The van der Waals surface area contributed by atoms with Gasteiger partial charge < -0.3 is 14.9 Å². The van der Waals surface area contributed by atoms with Crippen LogP contribution in [0.5, 0.6) is 0 Å². The van der Waals surface area contributed by atoms with Crippen LogP contribution in [-0.4, -0.2) is 29.2 Å². The molecule has 1 N–H and O–H groups in total. The van der Waals surface area contributed by atoms with E-state index in [1.165, 1.54) is 12.1 Å². The van der Waals surface area contributed by atoms with Gasteiger partial charge >= 0.3 is 6.09 Å². The van der Waals surface area contributed by atoms with Crippen LogP contribution in [0.15, 0.2) is 24.3 Å². The number of rotatable bonds is 5. The number of hydrogen-bond acceptors (Lipinski definition) is 4. The van der Waals surface area contributed by atoms with E-state index in [9.17, 15) is 14.9 Å². The summed E-state index contributed by atoms with van der Waals surface area (Å²) in [7, 11) is 0. The van der Waals surface area contributed by atoms with Gasteiger partial charge in [-0.3, -0.25) is 10.1 Å². The molecule has 0 radical (unpaired) electrons. The summed E-state index contributed by atoms with van der Waals surface area (Å²) < 4.78 is 5.16. The second kappa shape index (κ2) is 7.41. The van der Waals surface area contributed by atoms with E-state index in [4.69, 9.17) is 11.3 Å². The second-order valence-electron chi connectivity index (χ2n) is 5.81. The minimum absolute atomic E-state index is 0.00517. The number of carbonyl (C=O) groups is 1. The number of nitrogens with zero attached hydrogens (tertiary/aromatic N) is 2. The van der Waals surface area contributed by atoms with Gasteiger partial charge in [0, 0.05) is 18.6 Å². The Hall–Kier alpha value is -2.62. The molecule has 0 bridgehead atoms. The fourth-order valence-corrected chi connectivity index (χ4v) is 1.78. The zero-order valence-corrected chi connectivity index (χ0v) is 12.8. The third-order valence-corrected chi connectivity index (χ3v) is 2.66. The highest BCUT2D eigenvalue weighted by Crippen LogP contribution is 2.14. The number of amides is 1. The van der Waals surface area contributed by atoms with E-state index in [0.717, 1.165) is 5.56 Å². The quantitative estimate of drug-likeness (QED) is 0.515. The molecule has 1 aromatic carbocycles. The van der Waals surface area contributed by atoms with Gasteiger partial charge in [-0.25, -0.2) is 11.4 Å². The Morgan fingerprint density at radius 2 is 2.00 bits per heavy atom. The zero-order valence-electron chi connectivity index (χ0n) is 12.8. The van der Waals surface area contributed by atoms with Crippen molar-refractivity contribution >= 4 is 11.8 Å². The van der Waals surface area contributed by atoms with Gasteiger partial charge in [0.1, 0.15) is 11.6 Å². The lowest BCUT2D eigenvalue weighted by molar-refractivity contribution is -0.384. The van der Waals surface area contributed by atoms with Gasteiger partial charge in [0.2, 0.25) is 6.54 Å². The number of hydrogen-bond donors (Lipinski definition) is 1. The Kier molecular flexibility index (Phi) is 5.87. The molecule has 0 heterocycles. The number of carbonyl (C=O) groups excluding carboxylic acids is 1. The Bertz CT molecular complexity index is 570. The summed E-state index contributed by atoms with van der Waals surface area (Å²) in [4.78, 5) is 25.2. The third-order valence-electron chi connectivity index (χ3n) is 2.66. The molecule has 0 saturated heterocycles. The molecule has 0 fully saturated rings. The molecule has 0 saturated carbocycles. The average molecular weight is 305 g/mol. The van der Waals surface area contributed by atoms with E-state index >= 15 is 0 Å². The Morgan fingerprint density at radius 3 is 2.45 bits per heavy atom. The summed E-state index contributed by atoms with van der Waals surface area (Å²) in [6.45, 7) is 12.3. The second-order valence-corrected chi connectivity index (χ2v) is 5.81. The molecular formula is C15H19N3O4. The highest BCUT2D eigenvalue weighted by molar-refractivity contribution is 5.68. The summed E-state index contributed by atoms with van der Waals surface area (Å²) >= 11 is 0. The summed E-state index contributed by atoms with van der Waals surface area (Å²) in [5.74, 6) is 0. The van der Waals surface area contributed by atoms with Crippen LogP contribution in [0, 0.1) is 16.7 Å². The van der Waals surface area contributed by atoms with Crippen LogP contribution < -0.4 is 5.32 Å². The molecule has 22 heavy (non-hydrogen) atoms. The first kappa shape index (κ1) is 17.4. The highest BCUT2D eigenvalue weighted by atomic mass is 16.6. The Balaban J connectivity index is 2.69. The monoisotopic (exact) mass is 305 g/mol. The number of alkyl carbamates (subject to hydrolysis) is 1. The van der Waals surface area contributed by atoms with Crippen molar-refractivity contribution in [2.24, 2.45) is 0 Å². The van der Waals surface area contributed by atoms with Crippen molar-refractivity contribution in [2.75, 3.05) is 6.54 Å². The van der Waals surface area contributed by atoms with E-state index in [1.54, 1.807) is 32.9 Å². The predicted octanol–water partition coefficient (Wildman–Crippen LogP) is 2.95. The van der Waals surface area contributed by atoms with E-state index in [2.05, 4.69) is 10.2 Å². The van der Waals surface area contributed by atoms with Gasteiger partial charge in [-0.15, -0.1) is 0 Å². The van der Waals surface area contributed by atoms with Crippen molar-refractivity contribution in [3.63, 3.8) is 0 Å². The van der Waals surface area contributed by atoms with Gasteiger partial charge in [0.25, 0.3) is 5.69 Å². The van der Waals surface area contributed by atoms with Gasteiger partial charge in [0.05, 0.1) is 4.92 Å². The maximum Gasteiger partial charge on any atom is 0.408 e. The van der Waals surface area contributed by atoms with Crippen molar-refractivity contribution in [2.45, 2.75) is 38.8 Å². The van der Waals surface area contributed by atoms with E-state index < -0.39 is 22.7 Å². The molecule has 0 unspecified atom stereocenters. The van der Waals surface area contributed by atoms with Crippen molar-refractivity contribution in [1.82, 2.24) is 5.32 Å². The number of nitro benzene ring substituents is 1. The van der Waals surface area contributed by atoms with E-state index in [1.807, 2.05) is 0 Å². The van der Waals surface area contributed by atoms with E-state index in [0.29, 0.717) is 6.42 Å². The molecule has 7 heteroatoms. The van der Waals surface area contributed by atoms with Crippen LogP contribution in [0.25, 0.3) is 4.85 Å². The van der Waals surface area contributed by atoms with Gasteiger partial charge in [-0.2, -0.15) is 0 Å². The molecule has 0 aliphatic heterocycles. The summed E-state index contributed by atoms with van der Waals surface area (Å²) in [5, 5.41) is 13.3. The first-order valence-corrected chi connectivity index (χ1v) is 6.77. The number of non-ortho nitro benzene ring substituents is 1. The normalized spacial score (nSPS) is 12.1. The van der Waals surface area contributed by atoms with Crippen molar-refractivity contribution < 1.29 is 14.5 Å². The highest BCUT2D eigenvalue weighted by Gasteiger charge is 2.21. The predicted molar refractivity (Wildman–Crippen MR) is 81.4 cm³/mol. The number of nitro groups is 1. The van der Waals surface area contributed by atoms with Crippen LogP contribution in [-0.2, 0) is 11.2 Å². The number of nitrogens with one attached hydrogen (secondary N) is 1. The topological polar surface area (TPSA) is 85.8 Å². The molecular weight excluding hydrogens is 286 g/mol. The van der Waals surface area contributed by atoms with Crippen molar-refractivity contribution in [3.05, 3.63) is 51.4 Å². The average Bonchev–Trinajstić information content (AvgIpc) is 2.37. The molecule has 7 nitrogen and oxygen atoms in total. The van der Waals surface area contributed by atoms with Crippen LogP contribution in [0.4, 0.5) is 10.5 Å². The smallest absolute Gasteiger partial charge is 0.408 e. The first-order valence-electron chi connectivity index (χ1n) is 6.77. The molecule has 118 valence electrons. The fraction of sp³-hybridized carbons (Fsp3) is 0.467. The molecule has 0 spiro atoms. The molecule has 0 aliphatic rings. The van der Waals surface area contributed by atoms with Crippen molar-refractivity contribution in [3.8, 4) is 0 Å². The minimum Gasteiger partial charge on any atom is -0.444 e. The van der Waals surface area contributed by atoms with Gasteiger partial charge in [-0.1, -0.05) is 12.1 Å². The van der Waals surface area contributed by atoms with E-state index in [-0.39, 0.29) is 12.2 Å². The standard InChI is InChI=1S/C15H19N3O4/c1-15(2,3)22-14(19)17-12(10-16-4)9-11-5-7-13(8-6-11)18(20)21/h5-8,12H,9-10H2,1-3H3,(H,17,19)/t12-/m0/s1. The molecule has 1 rings (SSSR count). The lowest BCUT2D eigenvalue weighted by Crippen LogP contribution is -2.41.